The van der Waals surface area contributed by atoms with Crippen molar-refractivity contribution in [2.24, 2.45) is 10.2 Å². The van der Waals surface area contributed by atoms with E-state index in [0.717, 1.165) is 15.8 Å². The quantitative estimate of drug-likeness (QED) is 0.477. The average molecular weight is 384 g/mol. The van der Waals surface area contributed by atoms with Crippen LogP contribution in [0, 0.1) is 13.8 Å². The zero-order valence-corrected chi connectivity index (χ0v) is 15.6. The van der Waals surface area contributed by atoms with Crippen molar-refractivity contribution in [2.45, 2.75) is 13.8 Å². The summed E-state index contributed by atoms with van der Waals surface area (Å²) in [5.41, 5.74) is 3.22. The highest BCUT2D eigenvalue weighted by atomic mass is 35.5. The Bertz CT molecular complexity index is 1190. The van der Waals surface area contributed by atoms with Gasteiger partial charge in [0.05, 0.1) is 21.6 Å². The van der Waals surface area contributed by atoms with Gasteiger partial charge in [0.15, 0.2) is 5.69 Å². The number of aromatic nitrogens is 3. The molecular formula is C18H14ClN5OS. The smallest absolute Gasteiger partial charge is 0.291 e. The van der Waals surface area contributed by atoms with E-state index in [2.05, 4.69) is 20.3 Å². The Kier molecular flexibility index (Phi) is 4.18. The zero-order chi connectivity index (χ0) is 18.3. The maximum Gasteiger partial charge on any atom is 0.301 e. The average Bonchev–Trinajstić information content (AvgIpc) is 3.15. The lowest BCUT2D eigenvalue weighted by Crippen LogP contribution is -2.13. The molecule has 2 aromatic carbocycles. The van der Waals surface area contributed by atoms with Crippen LogP contribution in [0.1, 0.15) is 11.3 Å². The van der Waals surface area contributed by atoms with Crippen LogP contribution in [-0.4, -0.2) is 14.8 Å². The molecule has 6 nitrogen and oxygen atoms in total. The fourth-order valence-corrected chi connectivity index (χ4v) is 3.69. The molecule has 4 rings (SSSR count). The van der Waals surface area contributed by atoms with E-state index in [4.69, 9.17) is 11.6 Å². The summed E-state index contributed by atoms with van der Waals surface area (Å²) in [6.45, 7) is 3.78. The van der Waals surface area contributed by atoms with Crippen molar-refractivity contribution < 1.29 is 0 Å². The molecule has 0 bridgehead atoms. The number of nitrogens with one attached hydrogen (secondary N) is 1. The van der Waals surface area contributed by atoms with Gasteiger partial charge in [0.25, 0.3) is 0 Å². The highest BCUT2D eigenvalue weighted by Gasteiger charge is 2.15. The molecule has 8 heteroatoms. The Morgan fingerprint density at radius 3 is 2.65 bits per heavy atom. The summed E-state index contributed by atoms with van der Waals surface area (Å²) < 4.78 is 2.30. The van der Waals surface area contributed by atoms with Crippen LogP contribution < -0.4 is 5.56 Å². The van der Waals surface area contributed by atoms with E-state index in [1.54, 1.807) is 13.0 Å². The highest BCUT2D eigenvalue weighted by molar-refractivity contribution is 7.20. The van der Waals surface area contributed by atoms with Crippen molar-refractivity contribution in [2.75, 3.05) is 0 Å². The van der Waals surface area contributed by atoms with Crippen LogP contribution in [-0.2, 0) is 0 Å². The molecule has 0 radical (unpaired) electrons. The fourth-order valence-electron chi connectivity index (χ4n) is 2.49. The Labute approximate surface area is 157 Å². The summed E-state index contributed by atoms with van der Waals surface area (Å²) in [5.74, 6) is 0. The third-order valence-corrected chi connectivity index (χ3v) is 5.11. The number of hydrogen-bond donors (Lipinski definition) is 1. The van der Waals surface area contributed by atoms with Crippen molar-refractivity contribution in [3.63, 3.8) is 0 Å². The number of thiazole rings is 1. The Balaban J connectivity index is 1.73. The first-order valence-electron chi connectivity index (χ1n) is 7.88. The number of fused-ring (bicyclic) bond motifs is 1. The maximum atomic E-state index is 12.7. The van der Waals surface area contributed by atoms with Crippen molar-refractivity contribution >= 4 is 44.5 Å². The zero-order valence-electron chi connectivity index (χ0n) is 14.0. The summed E-state index contributed by atoms with van der Waals surface area (Å²) in [4.78, 5) is 17.2. The predicted octanol–water partition coefficient (Wildman–Crippen LogP) is 5.46. The first-order valence-corrected chi connectivity index (χ1v) is 9.07. The molecular weight excluding hydrogens is 370 g/mol. The second-order valence-electron chi connectivity index (χ2n) is 5.87. The lowest BCUT2D eigenvalue weighted by Gasteiger charge is -1.93. The standard InChI is InChI=1S/C18H14ClN5OS/c1-10-3-6-13(7-4-10)21-22-16-11(2)23-24(17(16)25)18-20-14-8-5-12(19)9-15(14)26-18/h3-9,23H,1-2H3. The fraction of sp³-hybridized carbons (Fsp3) is 0.111. The number of benzene rings is 2. The first-order chi connectivity index (χ1) is 12.5. The third kappa shape index (κ3) is 3.07. The van der Waals surface area contributed by atoms with Crippen LogP contribution in [0.5, 0.6) is 0 Å². The van der Waals surface area contributed by atoms with Gasteiger partial charge in [0.2, 0.25) is 5.13 Å². The molecule has 0 saturated heterocycles. The number of aromatic amines is 1. The molecule has 0 fully saturated rings. The molecule has 0 saturated carbocycles. The van der Waals surface area contributed by atoms with Crippen LogP contribution in [0.4, 0.5) is 11.4 Å². The van der Waals surface area contributed by atoms with Crippen LogP contribution in [0.3, 0.4) is 0 Å². The lowest BCUT2D eigenvalue weighted by atomic mass is 10.2. The van der Waals surface area contributed by atoms with Gasteiger partial charge in [-0.15, -0.1) is 5.11 Å². The second kappa shape index (κ2) is 6.51. The minimum Gasteiger partial charge on any atom is -0.291 e. The van der Waals surface area contributed by atoms with E-state index in [9.17, 15) is 4.79 Å². The highest BCUT2D eigenvalue weighted by Crippen LogP contribution is 2.27. The first kappa shape index (κ1) is 16.7. The number of halogens is 1. The lowest BCUT2D eigenvalue weighted by molar-refractivity contribution is 0.829. The molecule has 2 heterocycles. The van der Waals surface area contributed by atoms with Gasteiger partial charge in [-0.1, -0.05) is 40.6 Å². The summed E-state index contributed by atoms with van der Waals surface area (Å²) >= 11 is 7.40. The molecule has 0 unspecified atom stereocenters. The van der Waals surface area contributed by atoms with Crippen LogP contribution in [0.2, 0.25) is 5.02 Å². The number of nitrogens with zero attached hydrogens (tertiary/aromatic N) is 4. The molecule has 4 aromatic rings. The molecule has 26 heavy (non-hydrogen) atoms. The van der Waals surface area contributed by atoms with Crippen molar-refractivity contribution in [1.29, 1.82) is 0 Å². The number of H-pyrrole nitrogens is 1. The normalized spacial score (nSPS) is 11.7. The molecule has 0 amide bonds. The molecule has 1 N–H and O–H groups in total. The number of aryl methyl sites for hydroxylation is 2. The Morgan fingerprint density at radius 1 is 1.12 bits per heavy atom. The van der Waals surface area contributed by atoms with E-state index >= 15 is 0 Å². The van der Waals surface area contributed by atoms with Crippen molar-refractivity contribution in [3.05, 3.63) is 69.1 Å². The monoisotopic (exact) mass is 383 g/mol. The molecule has 130 valence electrons. The SMILES string of the molecule is Cc1ccc(N=Nc2c(C)[nH]n(-c3nc4ccc(Cl)cc4s3)c2=O)cc1. The molecule has 0 atom stereocenters. The summed E-state index contributed by atoms with van der Waals surface area (Å²) in [7, 11) is 0. The van der Waals surface area contributed by atoms with Crippen LogP contribution in [0.25, 0.3) is 15.3 Å². The van der Waals surface area contributed by atoms with E-state index in [0.29, 0.717) is 21.5 Å². The van der Waals surface area contributed by atoms with Gasteiger partial charge < -0.3 is 0 Å². The topological polar surface area (TPSA) is 75.4 Å². The second-order valence-corrected chi connectivity index (χ2v) is 7.32. The molecule has 0 aliphatic heterocycles. The van der Waals surface area contributed by atoms with E-state index in [1.165, 1.54) is 16.0 Å². The number of rotatable bonds is 3. The van der Waals surface area contributed by atoms with Crippen LogP contribution >= 0.6 is 22.9 Å². The minimum absolute atomic E-state index is 0.267. The summed E-state index contributed by atoms with van der Waals surface area (Å²) in [6, 6.07) is 13.0. The van der Waals surface area contributed by atoms with Crippen molar-refractivity contribution in [3.8, 4) is 5.13 Å². The van der Waals surface area contributed by atoms with Gasteiger partial charge in [-0.25, -0.2) is 4.98 Å². The van der Waals surface area contributed by atoms with Crippen molar-refractivity contribution in [1.82, 2.24) is 14.8 Å². The minimum atomic E-state index is -0.288. The maximum absolute atomic E-state index is 12.7. The third-order valence-electron chi connectivity index (χ3n) is 3.87. The van der Waals surface area contributed by atoms with Crippen LogP contribution in [0.15, 0.2) is 57.5 Å². The molecule has 0 aliphatic carbocycles. The Hall–Kier alpha value is -2.77. The Morgan fingerprint density at radius 2 is 1.88 bits per heavy atom. The molecule has 0 spiro atoms. The molecule has 2 aromatic heterocycles. The summed E-state index contributed by atoms with van der Waals surface area (Å²) in [6.07, 6.45) is 0. The van der Waals surface area contributed by atoms with Gasteiger partial charge in [0.1, 0.15) is 0 Å². The summed E-state index contributed by atoms with van der Waals surface area (Å²) in [5, 5.41) is 12.5. The van der Waals surface area contributed by atoms with E-state index in [-0.39, 0.29) is 11.2 Å². The number of hydrogen-bond acceptors (Lipinski definition) is 5. The van der Waals surface area contributed by atoms with Gasteiger partial charge in [0, 0.05) is 5.02 Å². The largest absolute Gasteiger partial charge is 0.301 e. The van der Waals surface area contributed by atoms with Gasteiger partial charge >= 0.3 is 5.56 Å². The molecule has 0 aliphatic rings. The number of azo groups is 1. The van der Waals surface area contributed by atoms with Gasteiger partial charge in [-0.3, -0.25) is 9.89 Å². The van der Waals surface area contributed by atoms with Gasteiger partial charge in [-0.05, 0) is 44.2 Å². The van der Waals surface area contributed by atoms with E-state index in [1.807, 2.05) is 43.3 Å². The van der Waals surface area contributed by atoms with Gasteiger partial charge in [-0.2, -0.15) is 9.80 Å². The predicted molar refractivity (Wildman–Crippen MR) is 105 cm³/mol. The van der Waals surface area contributed by atoms with E-state index < -0.39 is 0 Å².